The Hall–Kier alpha value is -3.63. The normalized spacial score (nSPS) is 15.1. The van der Waals surface area contributed by atoms with E-state index in [-0.39, 0.29) is 13.0 Å². The van der Waals surface area contributed by atoms with Crippen LogP contribution in [0.25, 0.3) is 0 Å². The van der Waals surface area contributed by atoms with Crippen LogP contribution in [0.15, 0.2) is 30.3 Å². The van der Waals surface area contributed by atoms with Gasteiger partial charge in [0.2, 0.25) is 5.91 Å². The molecule has 0 fully saturated rings. The van der Waals surface area contributed by atoms with Crippen molar-refractivity contribution in [1.82, 2.24) is 10.2 Å². The number of ether oxygens (including phenoxy) is 1. The second-order valence-electron chi connectivity index (χ2n) is 13.4. The van der Waals surface area contributed by atoms with E-state index in [9.17, 15) is 39.3 Å². The molecule has 0 saturated heterocycles. The fourth-order valence-corrected chi connectivity index (χ4v) is 5.48. The molecule has 0 aliphatic rings. The summed E-state index contributed by atoms with van der Waals surface area (Å²) >= 11 is 0. The molecule has 11 heteroatoms. The van der Waals surface area contributed by atoms with E-state index in [2.05, 4.69) is 5.32 Å². The maximum Gasteiger partial charge on any atom is 0.408 e. The van der Waals surface area contributed by atoms with Crippen molar-refractivity contribution in [2.75, 3.05) is 0 Å². The maximum atomic E-state index is 14.0. The van der Waals surface area contributed by atoms with Crippen LogP contribution < -0.4 is 5.32 Å². The van der Waals surface area contributed by atoms with Gasteiger partial charge in [-0.3, -0.25) is 9.59 Å². The zero-order chi connectivity index (χ0) is 32.0. The van der Waals surface area contributed by atoms with E-state index in [0.717, 1.165) is 0 Å². The average Bonchev–Trinajstić information content (AvgIpc) is 2.80. The lowest BCUT2D eigenvalue weighted by molar-refractivity contribution is -0.193. The third-order valence-corrected chi connectivity index (χ3v) is 7.12. The highest BCUT2D eigenvalue weighted by molar-refractivity contribution is 5.90. The molecule has 0 radical (unpaired) electrons. The first-order valence-corrected chi connectivity index (χ1v) is 13.5. The van der Waals surface area contributed by atoms with Crippen molar-refractivity contribution in [3.05, 3.63) is 35.9 Å². The molecule has 0 aliphatic carbocycles. The fraction of sp³-hybridized carbons (Fsp3) is 0.633. The average molecular weight is 579 g/mol. The number of benzene rings is 1. The smallest absolute Gasteiger partial charge is 0.408 e. The predicted molar refractivity (Wildman–Crippen MR) is 152 cm³/mol. The predicted octanol–water partition coefficient (Wildman–Crippen LogP) is 4.78. The second-order valence-corrected chi connectivity index (χ2v) is 13.4. The minimum absolute atomic E-state index is 0.0831. The highest BCUT2D eigenvalue weighted by Gasteiger charge is 2.64. The number of carbonyl (C=O) groups excluding carboxylic acids is 2. The number of alkyl carbamates (subject to hydrolysis) is 1. The van der Waals surface area contributed by atoms with E-state index in [1.54, 1.807) is 92.6 Å². The van der Waals surface area contributed by atoms with Gasteiger partial charge < -0.3 is 30.3 Å². The monoisotopic (exact) mass is 578 g/mol. The first-order chi connectivity index (χ1) is 18.6. The van der Waals surface area contributed by atoms with E-state index in [1.165, 1.54) is 4.90 Å². The van der Waals surface area contributed by atoms with Crippen LogP contribution in [-0.2, 0) is 30.5 Å². The molecule has 4 N–H and O–H groups in total. The Labute approximate surface area is 242 Å². The van der Waals surface area contributed by atoms with E-state index < -0.39 is 76.6 Å². The molecule has 1 rings (SSSR count). The molecule has 3 atom stereocenters. The third kappa shape index (κ3) is 8.93. The Kier molecular flexibility index (Phi) is 11.5. The highest BCUT2D eigenvalue weighted by Crippen LogP contribution is 2.52. The Balaban J connectivity index is 3.44. The summed E-state index contributed by atoms with van der Waals surface area (Å²) in [6.07, 6.45) is -2.27. The number of rotatable bonds is 12. The molecular formula is C30H46N2O9. The Morgan fingerprint density at radius 2 is 1.41 bits per heavy atom. The molecule has 2 amide bonds. The molecule has 230 valence electrons. The van der Waals surface area contributed by atoms with Crippen molar-refractivity contribution >= 4 is 29.9 Å². The first kappa shape index (κ1) is 35.4. The molecule has 0 aromatic heterocycles. The summed E-state index contributed by atoms with van der Waals surface area (Å²) in [6, 6.07) is 7.31. The van der Waals surface area contributed by atoms with Crippen LogP contribution in [0, 0.1) is 16.7 Å². The first-order valence-electron chi connectivity index (χ1n) is 13.5. The van der Waals surface area contributed by atoms with Crippen LogP contribution >= 0.6 is 0 Å². The molecule has 0 spiro atoms. The summed E-state index contributed by atoms with van der Waals surface area (Å²) < 4.78 is 5.11. The summed E-state index contributed by atoms with van der Waals surface area (Å²) in [5, 5.41) is 32.7. The van der Waals surface area contributed by atoms with Crippen LogP contribution in [0.2, 0.25) is 0 Å². The Morgan fingerprint density at radius 3 is 1.80 bits per heavy atom. The lowest BCUT2D eigenvalue weighted by atomic mass is 9.56. The molecule has 1 aromatic rings. The molecule has 41 heavy (non-hydrogen) atoms. The maximum absolute atomic E-state index is 14.0. The van der Waals surface area contributed by atoms with Crippen molar-refractivity contribution in [1.29, 1.82) is 0 Å². The fourth-order valence-electron chi connectivity index (χ4n) is 5.48. The molecule has 0 bridgehead atoms. The van der Waals surface area contributed by atoms with Gasteiger partial charge in [-0.1, -0.05) is 71.9 Å². The van der Waals surface area contributed by atoms with Crippen LogP contribution in [0.4, 0.5) is 4.79 Å². The topological polar surface area (TPSA) is 171 Å². The van der Waals surface area contributed by atoms with Gasteiger partial charge in [0, 0.05) is 17.9 Å². The third-order valence-electron chi connectivity index (χ3n) is 7.12. The molecule has 1 aromatic carbocycles. The van der Waals surface area contributed by atoms with Gasteiger partial charge in [-0.05, 0) is 43.6 Å². The summed E-state index contributed by atoms with van der Waals surface area (Å²) in [7, 11) is 0. The van der Waals surface area contributed by atoms with Crippen LogP contribution in [0.1, 0.15) is 87.1 Å². The van der Waals surface area contributed by atoms with E-state index in [0.29, 0.717) is 5.56 Å². The summed E-state index contributed by atoms with van der Waals surface area (Å²) in [5.41, 5.74) is -4.42. The van der Waals surface area contributed by atoms with Crippen molar-refractivity contribution in [2.45, 2.75) is 105 Å². The highest BCUT2D eigenvalue weighted by atomic mass is 16.5. The van der Waals surface area contributed by atoms with Crippen molar-refractivity contribution < 1.29 is 44.0 Å². The molecule has 0 aliphatic heterocycles. The molecule has 0 heterocycles. The standard InChI is InChI=1S/C30H46N2O9/c1-27(2,3)21(17-23(34)35)30(25(38)39,28(4,5)6)32(29(7,8)9)22(33)16-15-20(24(36)37)31-26(40)41-18-19-13-11-10-12-14-19/h10-14,20-21H,15-18H2,1-9H3,(H,31,40)(H,34,35)(H,36,37)(H,38,39)/t20-,21?,30+/m0/s1. The zero-order valence-electron chi connectivity index (χ0n) is 25.6. The quantitative estimate of drug-likeness (QED) is 0.272. The number of hydrogen-bond donors (Lipinski definition) is 4. The van der Waals surface area contributed by atoms with Gasteiger partial charge in [0.25, 0.3) is 0 Å². The lowest BCUT2D eigenvalue weighted by Gasteiger charge is -2.60. The van der Waals surface area contributed by atoms with E-state index in [4.69, 9.17) is 4.74 Å². The summed E-state index contributed by atoms with van der Waals surface area (Å²) in [4.78, 5) is 64.9. The summed E-state index contributed by atoms with van der Waals surface area (Å²) in [5.74, 6) is -5.66. The Morgan fingerprint density at radius 1 is 0.878 bits per heavy atom. The number of carboxylic acids is 3. The van der Waals surface area contributed by atoms with Crippen molar-refractivity contribution in [3.63, 3.8) is 0 Å². The number of carbonyl (C=O) groups is 5. The number of carboxylic acid groups (broad SMARTS) is 3. The van der Waals surface area contributed by atoms with Crippen LogP contribution in [-0.4, -0.2) is 67.2 Å². The van der Waals surface area contributed by atoms with Gasteiger partial charge in [-0.15, -0.1) is 0 Å². The van der Waals surface area contributed by atoms with Crippen LogP contribution in [0.5, 0.6) is 0 Å². The van der Waals surface area contributed by atoms with Gasteiger partial charge in [0.15, 0.2) is 0 Å². The number of nitrogens with one attached hydrogen (secondary N) is 1. The van der Waals surface area contributed by atoms with Gasteiger partial charge in [-0.25, -0.2) is 14.4 Å². The number of hydrogen-bond acceptors (Lipinski definition) is 6. The summed E-state index contributed by atoms with van der Waals surface area (Å²) in [6.45, 7) is 15.0. The van der Waals surface area contributed by atoms with E-state index in [1.807, 2.05) is 0 Å². The van der Waals surface area contributed by atoms with Gasteiger partial charge in [-0.2, -0.15) is 0 Å². The van der Waals surface area contributed by atoms with Crippen molar-refractivity contribution in [2.24, 2.45) is 16.7 Å². The molecule has 1 unspecified atom stereocenters. The number of amides is 2. The minimum Gasteiger partial charge on any atom is -0.481 e. The second kappa shape index (κ2) is 13.4. The largest absolute Gasteiger partial charge is 0.481 e. The molecular weight excluding hydrogens is 532 g/mol. The van der Waals surface area contributed by atoms with Crippen LogP contribution in [0.3, 0.4) is 0 Å². The van der Waals surface area contributed by atoms with Crippen molar-refractivity contribution in [3.8, 4) is 0 Å². The van der Waals surface area contributed by atoms with E-state index >= 15 is 0 Å². The molecule has 11 nitrogen and oxygen atoms in total. The SMILES string of the molecule is CC(C)(C)C(CC(=O)O)[C@](C(=O)O)(N(C(=O)CC[C@H](NC(=O)OCc1ccccc1)C(=O)O)C(C)(C)C)C(C)(C)C. The number of nitrogens with zero attached hydrogens (tertiary/aromatic N) is 1. The minimum atomic E-state index is -2.00. The zero-order valence-corrected chi connectivity index (χ0v) is 25.6. The lowest BCUT2D eigenvalue weighted by Crippen LogP contribution is -2.74. The van der Waals surface area contributed by atoms with Gasteiger partial charge >= 0.3 is 24.0 Å². The molecule has 0 saturated carbocycles. The number of aliphatic carboxylic acids is 3. The van der Waals surface area contributed by atoms with Gasteiger partial charge in [0.05, 0.1) is 6.42 Å². The van der Waals surface area contributed by atoms with Gasteiger partial charge in [0.1, 0.15) is 18.2 Å². The Bertz CT molecular complexity index is 1100.